The maximum Gasteiger partial charge on any atom is 0.231 e. The van der Waals surface area contributed by atoms with Gasteiger partial charge in [-0.1, -0.05) is 19.1 Å². The molecule has 5 heteroatoms. The third-order valence-corrected chi connectivity index (χ3v) is 3.84. The summed E-state index contributed by atoms with van der Waals surface area (Å²) in [4.78, 5) is 2.42. The Hall–Kier alpha value is -1.30. The Labute approximate surface area is 119 Å². The Bertz CT molecular complexity index is 453. The molecule has 2 aliphatic rings. The molecule has 0 bridgehead atoms. The van der Waals surface area contributed by atoms with Crippen molar-refractivity contribution in [2.75, 3.05) is 39.6 Å². The van der Waals surface area contributed by atoms with Gasteiger partial charge in [0.25, 0.3) is 0 Å². The van der Waals surface area contributed by atoms with Gasteiger partial charge in [-0.05, 0) is 12.6 Å². The molecule has 1 aromatic carbocycles. The minimum absolute atomic E-state index is 0.276. The average Bonchev–Trinajstić information content (AvgIpc) is 2.97. The summed E-state index contributed by atoms with van der Waals surface area (Å²) in [7, 11) is 0. The SMILES string of the molecule is CCN1CCO[C@@H](CNCc2cccc3c2OCO3)C1. The maximum atomic E-state index is 5.78. The first kappa shape index (κ1) is 13.7. The van der Waals surface area contributed by atoms with Crippen molar-refractivity contribution in [1.82, 2.24) is 10.2 Å². The summed E-state index contributed by atoms with van der Waals surface area (Å²) >= 11 is 0. The Morgan fingerprint density at radius 2 is 2.30 bits per heavy atom. The standard InChI is InChI=1S/C15H22N2O3/c1-2-17-6-7-18-13(10-17)9-16-8-12-4-3-5-14-15(12)20-11-19-14/h3-5,13,16H,2,6-11H2,1H3/t13-/m0/s1. The van der Waals surface area contributed by atoms with Gasteiger partial charge in [0.2, 0.25) is 6.79 Å². The van der Waals surface area contributed by atoms with Crippen molar-refractivity contribution >= 4 is 0 Å². The molecule has 5 nitrogen and oxygen atoms in total. The molecule has 1 atom stereocenters. The number of rotatable bonds is 5. The van der Waals surface area contributed by atoms with Gasteiger partial charge in [0.15, 0.2) is 11.5 Å². The number of ether oxygens (including phenoxy) is 3. The van der Waals surface area contributed by atoms with Gasteiger partial charge in [-0.25, -0.2) is 0 Å². The van der Waals surface area contributed by atoms with Gasteiger partial charge in [-0.3, -0.25) is 4.90 Å². The van der Waals surface area contributed by atoms with E-state index >= 15 is 0 Å². The van der Waals surface area contributed by atoms with Gasteiger partial charge in [0.1, 0.15) is 0 Å². The fourth-order valence-corrected chi connectivity index (χ4v) is 2.69. The predicted molar refractivity (Wildman–Crippen MR) is 76.1 cm³/mol. The van der Waals surface area contributed by atoms with Crippen LogP contribution in [0.15, 0.2) is 18.2 Å². The highest BCUT2D eigenvalue weighted by molar-refractivity contribution is 5.48. The lowest BCUT2D eigenvalue weighted by atomic mass is 10.2. The second-order valence-electron chi connectivity index (χ2n) is 5.17. The first-order valence-corrected chi connectivity index (χ1v) is 7.29. The van der Waals surface area contributed by atoms with Gasteiger partial charge in [-0.2, -0.15) is 0 Å². The van der Waals surface area contributed by atoms with Crippen molar-refractivity contribution in [3.8, 4) is 11.5 Å². The van der Waals surface area contributed by atoms with Crippen LogP contribution in [0.3, 0.4) is 0 Å². The van der Waals surface area contributed by atoms with Gasteiger partial charge < -0.3 is 19.5 Å². The summed E-state index contributed by atoms with van der Waals surface area (Å²) in [5.41, 5.74) is 1.14. The minimum atomic E-state index is 0.276. The first-order chi connectivity index (χ1) is 9.86. The summed E-state index contributed by atoms with van der Waals surface area (Å²) in [6.07, 6.45) is 0.276. The summed E-state index contributed by atoms with van der Waals surface area (Å²) in [5.74, 6) is 1.72. The summed E-state index contributed by atoms with van der Waals surface area (Å²) in [5, 5.41) is 3.46. The predicted octanol–water partition coefficient (Wildman–Crippen LogP) is 1.23. The lowest BCUT2D eigenvalue weighted by Crippen LogP contribution is -2.46. The molecule has 1 N–H and O–H groups in total. The molecular formula is C15H22N2O3. The molecule has 2 heterocycles. The number of nitrogens with one attached hydrogen (secondary N) is 1. The van der Waals surface area contributed by atoms with Crippen molar-refractivity contribution in [2.24, 2.45) is 0 Å². The zero-order chi connectivity index (χ0) is 13.8. The third kappa shape index (κ3) is 3.06. The molecule has 0 spiro atoms. The zero-order valence-electron chi connectivity index (χ0n) is 11.9. The molecule has 0 amide bonds. The van der Waals surface area contributed by atoms with E-state index in [0.29, 0.717) is 6.79 Å². The highest BCUT2D eigenvalue weighted by atomic mass is 16.7. The molecule has 2 aliphatic heterocycles. The van der Waals surface area contributed by atoms with Gasteiger partial charge >= 0.3 is 0 Å². The number of benzene rings is 1. The molecule has 0 aromatic heterocycles. The lowest BCUT2D eigenvalue weighted by molar-refractivity contribution is -0.0253. The van der Waals surface area contributed by atoms with Crippen molar-refractivity contribution in [2.45, 2.75) is 19.6 Å². The Morgan fingerprint density at radius 3 is 3.20 bits per heavy atom. The quantitative estimate of drug-likeness (QED) is 0.877. The number of nitrogens with zero attached hydrogens (tertiary/aromatic N) is 1. The largest absolute Gasteiger partial charge is 0.454 e. The molecule has 1 aromatic rings. The molecule has 0 aliphatic carbocycles. The maximum absolute atomic E-state index is 5.78. The van der Waals surface area contributed by atoms with E-state index in [-0.39, 0.29) is 6.10 Å². The topological polar surface area (TPSA) is 43.0 Å². The number of hydrogen-bond acceptors (Lipinski definition) is 5. The van der Waals surface area contributed by atoms with Crippen LogP contribution in [0.1, 0.15) is 12.5 Å². The van der Waals surface area contributed by atoms with E-state index in [1.54, 1.807) is 0 Å². The Kier molecular flexibility index (Phi) is 4.40. The smallest absolute Gasteiger partial charge is 0.231 e. The molecule has 0 unspecified atom stereocenters. The van der Waals surface area contributed by atoms with E-state index in [4.69, 9.17) is 14.2 Å². The van der Waals surface area contributed by atoms with Gasteiger partial charge in [0.05, 0.1) is 12.7 Å². The fourth-order valence-electron chi connectivity index (χ4n) is 2.69. The zero-order valence-corrected chi connectivity index (χ0v) is 11.9. The van der Waals surface area contributed by atoms with Crippen LogP contribution in [0.2, 0.25) is 0 Å². The van der Waals surface area contributed by atoms with Crippen LogP contribution in [0.5, 0.6) is 11.5 Å². The van der Waals surface area contributed by atoms with Crippen LogP contribution in [-0.2, 0) is 11.3 Å². The molecule has 1 saturated heterocycles. The van der Waals surface area contributed by atoms with Crippen LogP contribution in [0.4, 0.5) is 0 Å². The van der Waals surface area contributed by atoms with Gasteiger partial charge in [-0.15, -0.1) is 0 Å². The van der Waals surface area contributed by atoms with Crippen molar-refractivity contribution < 1.29 is 14.2 Å². The van der Waals surface area contributed by atoms with Crippen LogP contribution in [-0.4, -0.2) is 50.6 Å². The normalized spacial score (nSPS) is 22.1. The van der Waals surface area contributed by atoms with E-state index in [1.807, 2.05) is 12.1 Å². The molecular weight excluding hydrogens is 256 g/mol. The van der Waals surface area contributed by atoms with Crippen molar-refractivity contribution in [3.05, 3.63) is 23.8 Å². The summed E-state index contributed by atoms with van der Waals surface area (Å²) in [6, 6.07) is 6.01. The third-order valence-electron chi connectivity index (χ3n) is 3.84. The summed E-state index contributed by atoms with van der Waals surface area (Å²) < 4.78 is 16.7. The Morgan fingerprint density at radius 1 is 1.35 bits per heavy atom. The van der Waals surface area contributed by atoms with Crippen molar-refractivity contribution in [3.63, 3.8) is 0 Å². The van der Waals surface area contributed by atoms with E-state index < -0.39 is 0 Å². The monoisotopic (exact) mass is 278 g/mol. The van der Waals surface area contributed by atoms with E-state index in [2.05, 4.69) is 23.2 Å². The van der Waals surface area contributed by atoms with Crippen LogP contribution in [0, 0.1) is 0 Å². The van der Waals surface area contributed by atoms with Crippen molar-refractivity contribution in [1.29, 1.82) is 0 Å². The minimum Gasteiger partial charge on any atom is -0.454 e. The summed E-state index contributed by atoms with van der Waals surface area (Å²) in [6.45, 7) is 8.14. The highest BCUT2D eigenvalue weighted by Crippen LogP contribution is 2.35. The van der Waals surface area contributed by atoms with E-state index in [0.717, 1.165) is 56.4 Å². The van der Waals surface area contributed by atoms with Crippen LogP contribution < -0.4 is 14.8 Å². The number of para-hydroxylation sites is 1. The number of fused-ring (bicyclic) bond motifs is 1. The molecule has 3 rings (SSSR count). The Balaban J connectivity index is 1.49. The number of morpholine rings is 1. The molecule has 110 valence electrons. The fraction of sp³-hybridized carbons (Fsp3) is 0.600. The molecule has 1 fully saturated rings. The van der Waals surface area contributed by atoms with E-state index in [9.17, 15) is 0 Å². The lowest BCUT2D eigenvalue weighted by Gasteiger charge is -2.32. The van der Waals surface area contributed by atoms with Crippen LogP contribution in [0.25, 0.3) is 0 Å². The van der Waals surface area contributed by atoms with Crippen LogP contribution >= 0.6 is 0 Å². The molecule has 20 heavy (non-hydrogen) atoms. The van der Waals surface area contributed by atoms with E-state index in [1.165, 1.54) is 0 Å². The molecule has 0 saturated carbocycles. The second kappa shape index (κ2) is 6.43. The van der Waals surface area contributed by atoms with Gasteiger partial charge in [0, 0.05) is 31.7 Å². The first-order valence-electron chi connectivity index (χ1n) is 7.29. The highest BCUT2D eigenvalue weighted by Gasteiger charge is 2.20. The number of hydrogen-bond donors (Lipinski definition) is 1. The number of likely N-dealkylation sites (N-methyl/N-ethyl adjacent to an activating group) is 1. The second-order valence-corrected chi connectivity index (χ2v) is 5.17. The average molecular weight is 278 g/mol. The molecule has 0 radical (unpaired) electrons.